The Hall–Kier alpha value is -2.46. The number of hydrogen-bond donors (Lipinski definition) is 1. The largest absolute Gasteiger partial charge is 0.573 e. The molecule has 34 heavy (non-hydrogen) atoms. The van der Waals surface area contributed by atoms with E-state index in [0.29, 0.717) is 27.9 Å². The van der Waals surface area contributed by atoms with Gasteiger partial charge in [-0.2, -0.15) is 0 Å². The summed E-state index contributed by atoms with van der Waals surface area (Å²) < 4.78 is 45.7. The monoisotopic (exact) mass is 573 g/mol. The lowest BCUT2D eigenvalue weighted by Crippen LogP contribution is -2.24. The maximum atomic E-state index is 12.6. The summed E-state index contributed by atoms with van der Waals surface area (Å²) in [4.78, 5) is 4.70. The minimum Gasteiger partial charge on any atom is -0.405 e. The fourth-order valence-electron chi connectivity index (χ4n) is 3.51. The van der Waals surface area contributed by atoms with Crippen LogP contribution in [0, 0.1) is 0 Å². The van der Waals surface area contributed by atoms with Crippen molar-refractivity contribution in [2.24, 2.45) is 12.0 Å². The quantitative estimate of drug-likeness (QED) is 0.288. The van der Waals surface area contributed by atoms with Gasteiger partial charge in [-0.3, -0.25) is 0 Å². The van der Waals surface area contributed by atoms with Crippen LogP contribution >= 0.6 is 39.1 Å². The van der Waals surface area contributed by atoms with Crippen molar-refractivity contribution in [3.05, 3.63) is 85.9 Å². The Morgan fingerprint density at radius 3 is 2.18 bits per heavy atom. The molecule has 0 saturated heterocycles. The lowest BCUT2D eigenvalue weighted by atomic mass is 10.1. The van der Waals surface area contributed by atoms with Gasteiger partial charge in [0.2, 0.25) is 5.62 Å². The molecule has 178 valence electrons. The number of aliphatic hydroxyl groups is 1. The van der Waals surface area contributed by atoms with Crippen molar-refractivity contribution in [3.63, 3.8) is 0 Å². The fraction of sp³-hybridized carbons (Fsp3) is 0.174. The summed E-state index contributed by atoms with van der Waals surface area (Å²) in [5, 5.41) is 10.1. The van der Waals surface area contributed by atoms with E-state index in [0.717, 1.165) is 22.2 Å². The van der Waals surface area contributed by atoms with Gasteiger partial charge < -0.3 is 19.0 Å². The first-order valence-corrected chi connectivity index (χ1v) is 11.4. The summed E-state index contributed by atoms with van der Waals surface area (Å²) in [6, 6.07) is 15.0. The zero-order chi connectivity index (χ0) is 24.6. The average Bonchev–Trinajstić information content (AvgIpc) is 3.01. The second kappa shape index (κ2) is 9.65. The van der Waals surface area contributed by atoms with E-state index >= 15 is 0 Å². The van der Waals surface area contributed by atoms with E-state index in [-0.39, 0.29) is 16.8 Å². The molecule has 3 aromatic carbocycles. The molecule has 0 atom stereocenters. The summed E-state index contributed by atoms with van der Waals surface area (Å²) in [7, 11) is 1.81. The van der Waals surface area contributed by atoms with Crippen molar-refractivity contribution >= 4 is 55.9 Å². The summed E-state index contributed by atoms with van der Waals surface area (Å²) in [5.74, 6) is -0.362. The highest BCUT2D eigenvalue weighted by atomic mass is 79.9. The molecule has 1 N–H and O–H groups in total. The maximum Gasteiger partial charge on any atom is 0.573 e. The number of imidazole rings is 1. The predicted molar refractivity (Wildman–Crippen MR) is 128 cm³/mol. The molecule has 0 aliphatic rings. The molecule has 0 radical (unpaired) electrons. The van der Waals surface area contributed by atoms with E-state index in [9.17, 15) is 18.3 Å². The van der Waals surface area contributed by atoms with Gasteiger partial charge >= 0.3 is 6.36 Å². The molecule has 0 spiro atoms. The summed E-state index contributed by atoms with van der Waals surface area (Å²) >= 11 is 15.7. The van der Waals surface area contributed by atoms with Crippen LogP contribution in [0.5, 0.6) is 5.75 Å². The second-order valence-corrected chi connectivity index (χ2v) is 9.12. The number of aromatic nitrogens is 2. The van der Waals surface area contributed by atoms with E-state index in [1.165, 1.54) is 18.2 Å². The Kier molecular flexibility index (Phi) is 7.00. The first kappa shape index (κ1) is 24.7. The van der Waals surface area contributed by atoms with Crippen LogP contribution in [-0.2, 0) is 20.2 Å². The molecule has 1 aromatic heterocycles. The molecule has 11 heteroatoms. The third-order valence-corrected chi connectivity index (χ3v) is 6.47. The number of aliphatic hydroxyl groups excluding tert-OH is 1. The number of benzene rings is 3. The van der Waals surface area contributed by atoms with E-state index < -0.39 is 6.36 Å². The summed E-state index contributed by atoms with van der Waals surface area (Å²) in [6.07, 6.45) is -4.80. The lowest BCUT2D eigenvalue weighted by molar-refractivity contribution is -0.274. The van der Waals surface area contributed by atoms with Gasteiger partial charge in [0.1, 0.15) is 5.75 Å². The van der Waals surface area contributed by atoms with Gasteiger partial charge in [-0.15, -0.1) is 13.2 Å². The van der Waals surface area contributed by atoms with E-state index in [1.807, 2.05) is 40.4 Å². The topological polar surface area (TPSA) is 51.7 Å². The minimum atomic E-state index is -4.80. The van der Waals surface area contributed by atoms with Gasteiger partial charge in [-0.25, -0.2) is 4.99 Å². The number of halogens is 6. The van der Waals surface area contributed by atoms with Gasteiger partial charge in [0, 0.05) is 7.05 Å². The molecule has 1 heterocycles. The van der Waals surface area contributed by atoms with Crippen molar-refractivity contribution in [1.82, 2.24) is 9.13 Å². The predicted octanol–water partition coefficient (Wildman–Crippen LogP) is 6.72. The van der Waals surface area contributed by atoms with Crippen LogP contribution in [0.1, 0.15) is 11.1 Å². The third kappa shape index (κ3) is 5.27. The van der Waals surface area contributed by atoms with Crippen molar-refractivity contribution in [2.75, 3.05) is 0 Å². The van der Waals surface area contributed by atoms with Crippen LogP contribution in [0.4, 0.5) is 18.9 Å². The van der Waals surface area contributed by atoms with E-state index in [4.69, 9.17) is 28.2 Å². The van der Waals surface area contributed by atoms with Gasteiger partial charge in [0.15, 0.2) is 0 Å². The van der Waals surface area contributed by atoms with Gasteiger partial charge in [-0.1, -0.05) is 47.5 Å². The van der Waals surface area contributed by atoms with Crippen LogP contribution < -0.4 is 10.4 Å². The Morgan fingerprint density at radius 2 is 1.59 bits per heavy atom. The van der Waals surface area contributed by atoms with Crippen molar-refractivity contribution in [3.8, 4) is 5.75 Å². The second-order valence-electron chi connectivity index (χ2n) is 7.45. The van der Waals surface area contributed by atoms with Crippen LogP contribution in [0.3, 0.4) is 0 Å². The smallest absolute Gasteiger partial charge is 0.405 e. The highest BCUT2D eigenvalue weighted by molar-refractivity contribution is 9.10. The van der Waals surface area contributed by atoms with Crippen LogP contribution in [-0.4, -0.2) is 20.6 Å². The fourth-order valence-corrected chi connectivity index (χ4v) is 4.28. The number of rotatable bonds is 5. The first-order valence-electron chi connectivity index (χ1n) is 9.88. The molecule has 0 aliphatic heterocycles. The molecule has 0 saturated carbocycles. The van der Waals surface area contributed by atoms with Gasteiger partial charge in [-0.05, 0) is 57.4 Å². The molecule has 0 unspecified atom stereocenters. The number of aryl methyl sites for hydroxylation is 1. The summed E-state index contributed by atoms with van der Waals surface area (Å²) in [5.41, 5.74) is 4.23. The molecular formula is C23H17BrCl2F3N3O2. The van der Waals surface area contributed by atoms with Crippen molar-refractivity contribution in [2.45, 2.75) is 19.5 Å². The average molecular weight is 575 g/mol. The van der Waals surface area contributed by atoms with E-state index in [2.05, 4.69) is 20.7 Å². The molecule has 0 amide bonds. The normalized spacial score (nSPS) is 12.5. The van der Waals surface area contributed by atoms with Crippen LogP contribution in [0.25, 0.3) is 11.0 Å². The number of ether oxygens (including phenoxy) is 1. The zero-order valence-electron chi connectivity index (χ0n) is 17.6. The standard InChI is InChI=1S/C23H17BrCl2F3N3O2/c1-31-19-9-17(25)18(26)10-20(19)32(11-13-2-4-14(12-33)5-3-13)22(31)30-15-6-7-21(16(24)8-15)34-23(27,28)29/h2-10,33H,11-12H2,1H3/b30-22+. The number of alkyl halides is 3. The van der Waals surface area contributed by atoms with Crippen LogP contribution in [0.2, 0.25) is 10.0 Å². The maximum absolute atomic E-state index is 12.6. The van der Waals surface area contributed by atoms with Gasteiger partial charge in [0.05, 0.1) is 44.4 Å². The number of hydrogen-bond acceptors (Lipinski definition) is 3. The Morgan fingerprint density at radius 1 is 0.971 bits per heavy atom. The van der Waals surface area contributed by atoms with E-state index in [1.54, 1.807) is 12.1 Å². The SMILES string of the molecule is Cn1/c(=N\c2ccc(OC(F)(F)F)c(Br)c2)n(Cc2ccc(CO)cc2)c2cc(Cl)c(Cl)cc21. The molecule has 4 aromatic rings. The number of nitrogens with zero attached hydrogens (tertiary/aromatic N) is 3. The van der Waals surface area contributed by atoms with Gasteiger partial charge in [0.25, 0.3) is 0 Å². The van der Waals surface area contributed by atoms with Crippen LogP contribution in [0.15, 0.2) is 64.1 Å². The Bertz CT molecular complexity index is 1430. The number of fused-ring (bicyclic) bond motifs is 1. The molecular weight excluding hydrogens is 558 g/mol. The molecule has 0 bridgehead atoms. The zero-order valence-corrected chi connectivity index (χ0v) is 20.7. The minimum absolute atomic E-state index is 0.0562. The molecule has 5 nitrogen and oxygen atoms in total. The van der Waals surface area contributed by atoms with Crippen molar-refractivity contribution < 1.29 is 23.0 Å². The third-order valence-electron chi connectivity index (χ3n) is 5.13. The first-order chi connectivity index (χ1) is 16.1. The highest BCUT2D eigenvalue weighted by Crippen LogP contribution is 2.33. The lowest BCUT2D eigenvalue weighted by Gasteiger charge is -2.10. The Balaban J connectivity index is 1.87. The summed E-state index contributed by atoms with van der Waals surface area (Å²) in [6.45, 7) is 0.371. The highest BCUT2D eigenvalue weighted by Gasteiger charge is 2.32. The van der Waals surface area contributed by atoms with Crippen molar-refractivity contribution in [1.29, 1.82) is 0 Å². The Labute approximate surface area is 210 Å². The molecule has 4 rings (SSSR count). The molecule has 0 aliphatic carbocycles. The molecule has 0 fully saturated rings.